The first-order valence-electron chi connectivity index (χ1n) is 4.57. The minimum atomic E-state index is -3.57. The van der Waals surface area contributed by atoms with Crippen molar-refractivity contribution in [1.82, 2.24) is 0 Å². The summed E-state index contributed by atoms with van der Waals surface area (Å²) < 4.78 is 21.4. The molecule has 0 spiro atoms. The summed E-state index contributed by atoms with van der Waals surface area (Å²) in [6.45, 7) is 0. The van der Waals surface area contributed by atoms with E-state index in [0.29, 0.717) is 4.90 Å². The van der Waals surface area contributed by atoms with E-state index in [1.165, 1.54) is 18.2 Å². The van der Waals surface area contributed by atoms with Gasteiger partial charge in [-0.3, -0.25) is 10.1 Å². The molecule has 0 unspecified atom stereocenters. The molecule has 0 bridgehead atoms. The van der Waals surface area contributed by atoms with Crippen molar-refractivity contribution in [1.29, 1.82) is 5.26 Å². The number of nitrogens with zero attached hydrogens (tertiary/aromatic N) is 2. The zero-order valence-electron chi connectivity index (χ0n) is 8.87. The molecule has 0 atom stereocenters. The smallest absolute Gasteiger partial charge is 0.258 e. The van der Waals surface area contributed by atoms with Gasteiger partial charge in [0.25, 0.3) is 5.69 Å². The monoisotopic (exact) mass is 306 g/mol. The van der Waals surface area contributed by atoms with Crippen LogP contribution in [0, 0.1) is 21.4 Å². The molecule has 9 heteroatoms. The lowest BCUT2D eigenvalue weighted by molar-refractivity contribution is -0.385. The summed E-state index contributed by atoms with van der Waals surface area (Å²) in [5.41, 5.74) is -0.328. The zero-order valence-corrected chi connectivity index (χ0v) is 11.3. The molecule has 6 nitrogen and oxygen atoms in total. The maximum absolute atomic E-state index is 10.7. The third kappa shape index (κ3) is 4.52. The summed E-state index contributed by atoms with van der Waals surface area (Å²) in [4.78, 5) is 10.6. The molecular formula is C9H7ClN2O4S2. The molecule has 0 saturated heterocycles. The van der Waals surface area contributed by atoms with Crippen LogP contribution >= 0.6 is 22.4 Å². The van der Waals surface area contributed by atoms with Gasteiger partial charge in [0, 0.05) is 27.4 Å². The van der Waals surface area contributed by atoms with Crippen molar-refractivity contribution in [3.63, 3.8) is 0 Å². The van der Waals surface area contributed by atoms with Gasteiger partial charge in [0.2, 0.25) is 9.05 Å². The molecule has 0 heterocycles. The Hall–Kier alpha value is -1.30. The van der Waals surface area contributed by atoms with Gasteiger partial charge >= 0.3 is 0 Å². The van der Waals surface area contributed by atoms with Crippen LogP contribution in [0.4, 0.5) is 5.69 Å². The molecule has 1 aromatic carbocycles. The Kier molecular flexibility index (Phi) is 4.95. The van der Waals surface area contributed by atoms with Crippen LogP contribution in [0.5, 0.6) is 0 Å². The molecule has 0 aliphatic rings. The molecule has 1 rings (SSSR count). The molecular weight excluding hydrogens is 300 g/mol. The van der Waals surface area contributed by atoms with E-state index in [2.05, 4.69) is 0 Å². The van der Waals surface area contributed by atoms with Crippen LogP contribution in [0.2, 0.25) is 0 Å². The second kappa shape index (κ2) is 6.04. The number of hydrogen-bond donors (Lipinski definition) is 0. The molecule has 96 valence electrons. The fourth-order valence-electron chi connectivity index (χ4n) is 1.11. The van der Waals surface area contributed by atoms with Crippen LogP contribution < -0.4 is 0 Å². The highest BCUT2D eigenvalue weighted by Gasteiger charge is 2.14. The first kappa shape index (κ1) is 14.8. The molecule has 18 heavy (non-hydrogen) atoms. The van der Waals surface area contributed by atoms with Gasteiger partial charge in [-0.1, -0.05) is 0 Å². The molecule has 0 saturated carbocycles. The maximum atomic E-state index is 10.7. The number of halogens is 1. The number of rotatable bonds is 5. The van der Waals surface area contributed by atoms with Crippen molar-refractivity contribution >= 4 is 37.2 Å². The highest BCUT2D eigenvalue weighted by molar-refractivity contribution is 8.14. The molecule has 0 aromatic heterocycles. The van der Waals surface area contributed by atoms with Crippen LogP contribution in [-0.4, -0.2) is 24.8 Å². The lowest BCUT2D eigenvalue weighted by Crippen LogP contribution is -1.99. The van der Waals surface area contributed by atoms with Crippen molar-refractivity contribution < 1.29 is 13.3 Å². The first-order chi connectivity index (χ1) is 8.33. The molecule has 0 radical (unpaired) electrons. The van der Waals surface area contributed by atoms with Gasteiger partial charge in [-0.25, -0.2) is 8.42 Å². The Labute approximate surface area is 112 Å². The predicted molar refractivity (Wildman–Crippen MR) is 68.2 cm³/mol. The summed E-state index contributed by atoms with van der Waals surface area (Å²) in [5, 5.41) is 19.4. The Balaban J connectivity index is 2.83. The van der Waals surface area contributed by atoms with E-state index >= 15 is 0 Å². The van der Waals surface area contributed by atoms with Crippen molar-refractivity contribution in [2.24, 2.45) is 0 Å². The summed E-state index contributed by atoms with van der Waals surface area (Å²) in [7, 11) is 1.47. The van der Waals surface area contributed by atoms with E-state index in [1.807, 2.05) is 0 Å². The molecule has 0 amide bonds. The first-order valence-corrected chi connectivity index (χ1v) is 8.03. The number of benzene rings is 1. The quantitative estimate of drug-likeness (QED) is 0.357. The average molecular weight is 307 g/mol. The second-order valence-electron chi connectivity index (χ2n) is 3.14. The van der Waals surface area contributed by atoms with E-state index < -0.39 is 14.0 Å². The summed E-state index contributed by atoms with van der Waals surface area (Å²) >= 11 is 1.12. The summed E-state index contributed by atoms with van der Waals surface area (Å²) in [6, 6.07) is 5.81. The number of nitriles is 1. The topological polar surface area (TPSA) is 101 Å². The highest BCUT2D eigenvalue weighted by Crippen LogP contribution is 2.26. The van der Waals surface area contributed by atoms with Gasteiger partial charge in [0.15, 0.2) is 0 Å². The van der Waals surface area contributed by atoms with Crippen molar-refractivity contribution in [3.8, 4) is 6.07 Å². The van der Waals surface area contributed by atoms with Gasteiger partial charge in [0.05, 0.1) is 10.7 Å². The van der Waals surface area contributed by atoms with Gasteiger partial charge in [-0.05, 0) is 12.1 Å². The molecule has 0 aliphatic carbocycles. The van der Waals surface area contributed by atoms with Crippen molar-refractivity contribution in [3.05, 3.63) is 33.9 Å². The van der Waals surface area contributed by atoms with Gasteiger partial charge in [-0.15, -0.1) is 11.8 Å². The molecule has 0 N–H and O–H groups in total. The van der Waals surface area contributed by atoms with E-state index in [9.17, 15) is 18.5 Å². The fourth-order valence-corrected chi connectivity index (χ4v) is 3.40. The normalized spacial score (nSPS) is 10.9. The largest absolute Gasteiger partial charge is 0.288 e. The predicted octanol–water partition coefficient (Wildman–Crippen LogP) is 2.13. The van der Waals surface area contributed by atoms with E-state index in [4.69, 9.17) is 15.9 Å². The Morgan fingerprint density at radius 2 is 2.17 bits per heavy atom. The third-order valence-corrected chi connectivity index (χ3v) is 4.29. The van der Waals surface area contributed by atoms with Crippen LogP contribution in [0.15, 0.2) is 23.1 Å². The van der Waals surface area contributed by atoms with E-state index in [0.717, 1.165) is 11.8 Å². The van der Waals surface area contributed by atoms with Crippen molar-refractivity contribution in [2.75, 3.05) is 11.5 Å². The van der Waals surface area contributed by atoms with Gasteiger partial charge < -0.3 is 0 Å². The highest BCUT2D eigenvalue weighted by atomic mass is 35.7. The Bertz CT molecular complexity index is 609. The van der Waals surface area contributed by atoms with Gasteiger partial charge in [0.1, 0.15) is 11.6 Å². The maximum Gasteiger partial charge on any atom is 0.288 e. The summed E-state index contributed by atoms with van der Waals surface area (Å²) in [6.07, 6.45) is 0. The molecule has 1 aromatic rings. The standard InChI is InChI=1S/C9H7ClN2O4S2/c10-18(15,16)4-3-17-8-2-1-7(6-11)9(5-8)12(13)14/h1-2,5H,3-4H2. The number of thioether (sulfide) groups is 1. The van der Waals surface area contributed by atoms with Crippen molar-refractivity contribution in [2.45, 2.75) is 4.90 Å². The van der Waals surface area contributed by atoms with Crippen LogP contribution in [0.1, 0.15) is 5.56 Å². The van der Waals surface area contributed by atoms with Crippen LogP contribution in [0.3, 0.4) is 0 Å². The van der Waals surface area contributed by atoms with E-state index in [1.54, 1.807) is 6.07 Å². The van der Waals surface area contributed by atoms with Crippen LogP contribution in [-0.2, 0) is 9.05 Å². The molecule has 0 aliphatic heterocycles. The SMILES string of the molecule is N#Cc1ccc(SCCS(=O)(=O)Cl)cc1[N+](=O)[O-]. The Morgan fingerprint density at radius 1 is 1.50 bits per heavy atom. The number of nitro groups is 1. The number of hydrogen-bond acceptors (Lipinski definition) is 6. The Morgan fingerprint density at radius 3 is 2.67 bits per heavy atom. The minimum Gasteiger partial charge on any atom is -0.258 e. The lowest BCUT2D eigenvalue weighted by atomic mass is 10.2. The second-order valence-corrected chi connectivity index (χ2v) is 7.20. The van der Waals surface area contributed by atoms with Crippen LogP contribution in [0.25, 0.3) is 0 Å². The zero-order chi connectivity index (χ0) is 13.8. The summed E-state index contributed by atoms with van der Waals surface area (Å²) in [5.74, 6) is -0.0398. The minimum absolute atomic E-state index is 0.0330. The number of nitro benzene ring substituents is 1. The van der Waals surface area contributed by atoms with E-state index in [-0.39, 0.29) is 22.8 Å². The lowest BCUT2D eigenvalue weighted by Gasteiger charge is -2.01. The fraction of sp³-hybridized carbons (Fsp3) is 0.222. The third-order valence-electron chi connectivity index (χ3n) is 1.88. The average Bonchev–Trinajstić information content (AvgIpc) is 2.27. The molecule has 0 fully saturated rings. The van der Waals surface area contributed by atoms with Gasteiger partial charge in [-0.2, -0.15) is 5.26 Å².